The summed E-state index contributed by atoms with van der Waals surface area (Å²) in [6.45, 7) is -1.27. The molecule has 0 aliphatic heterocycles. The number of benzene rings is 2. The summed E-state index contributed by atoms with van der Waals surface area (Å²) in [6.07, 6.45) is 1.11. The van der Waals surface area contributed by atoms with Gasteiger partial charge in [0.15, 0.2) is 0 Å². The van der Waals surface area contributed by atoms with Crippen molar-refractivity contribution in [3.63, 3.8) is 0 Å². The van der Waals surface area contributed by atoms with Gasteiger partial charge in [0.25, 0.3) is 11.1 Å². The van der Waals surface area contributed by atoms with Crippen LogP contribution >= 0.6 is 11.6 Å². The lowest BCUT2D eigenvalue weighted by Gasteiger charge is -2.12. The normalized spacial score (nSPS) is 10.6. The molecule has 0 amide bonds. The molecular formula is C24H16ClF2N5O4. The Kier molecular flexibility index (Phi) is 7.07. The summed E-state index contributed by atoms with van der Waals surface area (Å²) in [7, 11) is 1.38. The van der Waals surface area contributed by atoms with E-state index in [1.165, 1.54) is 43.5 Å². The minimum atomic E-state index is -1.09. The topological polar surface area (TPSA) is 123 Å². The molecule has 0 bridgehead atoms. The van der Waals surface area contributed by atoms with Gasteiger partial charge in [0, 0.05) is 10.6 Å². The van der Waals surface area contributed by atoms with Crippen LogP contribution in [0.1, 0.15) is 17.0 Å². The van der Waals surface area contributed by atoms with Crippen LogP contribution in [0.25, 0.3) is 11.1 Å². The monoisotopic (exact) mass is 511 g/mol. The number of rotatable bonds is 7. The lowest BCUT2D eigenvalue weighted by Crippen LogP contribution is -2.25. The molecule has 0 unspecified atom stereocenters. The zero-order valence-electron chi connectivity index (χ0n) is 18.6. The molecule has 36 heavy (non-hydrogen) atoms. The second-order valence-corrected chi connectivity index (χ2v) is 7.86. The summed E-state index contributed by atoms with van der Waals surface area (Å²) in [5, 5.41) is 15.6. The fourth-order valence-corrected chi connectivity index (χ4v) is 3.64. The molecule has 4 aromatic rings. The van der Waals surface area contributed by atoms with Gasteiger partial charge in [-0.3, -0.25) is 14.2 Å². The first-order chi connectivity index (χ1) is 17.3. The Hall–Kier alpha value is -4.56. The Balaban J connectivity index is 1.73. The van der Waals surface area contributed by atoms with Crippen LogP contribution in [-0.4, -0.2) is 26.9 Å². The number of alkyl halides is 1. The number of hydrogen-bond acceptors (Lipinski definition) is 7. The molecule has 12 heteroatoms. The van der Waals surface area contributed by atoms with Gasteiger partial charge in [-0.05, 0) is 42.5 Å². The Labute approximate surface area is 207 Å². The van der Waals surface area contributed by atoms with Crippen molar-refractivity contribution in [2.45, 2.75) is 13.2 Å². The van der Waals surface area contributed by atoms with Crippen molar-refractivity contribution in [1.82, 2.24) is 19.7 Å². The molecule has 182 valence electrons. The van der Waals surface area contributed by atoms with Crippen molar-refractivity contribution >= 4 is 11.6 Å². The number of H-pyrrole nitrogens is 1. The van der Waals surface area contributed by atoms with Crippen LogP contribution in [0.5, 0.6) is 17.2 Å². The van der Waals surface area contributed by atoms with Gasteiger partial charge in [0.05, 0.1) is 42.9 Å². The molecule has 1 N–H and O–H groups in total. The van der Waals surface area contributed by atoms with Gasteiger partial charge in [0.1, 0.15) is 29.7 Å². The molecular weight excluding hydrogens is 496 g/mol. The van der Waals surface area contributed by atoms with Crippen LogP contribution in [0, 0.1) is 17.1 Å². The summed E-state index contributed by atoms with van der Waals surface area (Å²) in [4.78, 5) is 29.5. The minimum Gasteiger partial charge on any atom is -0.496 e. The van der Waals surface area contributed by atoms with Gasteiger partial charge in [-0.15, -0.1) is 0 Å². The molecule has 4 rings (SSSR count). The van der Waals surface area contributed by atoms with Gasteiger partial charge in [-0.1, -0.05) is 11.6 Å². The molecule has 9 nitrogen and oxygen atoms in total. The second-order valence-electron chi connectivity index (χ2n) is 7.42. The van der Waals surface area contributed by atoms with Crippen molar-refractivity contribution in [1.29, 1.82) is 5.26 Å². The third kappa shape index (κ3) is 5.08. The maximum Gasteiger partial charge on any atom is 0.297 e. The SMILES string of the molecule is COc1ccc(F)cc1-c1cc(Cn2cnc(CF)c(Oc3cc(Cl)cc(C#N)c3)c2=O)n[nH]c1=O. The van der Waals surface area contributed by atoms with E-state index in [2.05, 4.69) is 15.2 Å². The van der Waals surface area contributed by atoms with E-state index >= 15 is 0 Å². The third-order valence-corrected chi connectivity index (χ3v) is 5.28. The largest absolute Gasteiger partial charge is 0.496 e. The Bertz CT molecular complexity index is 1610. The molecule has 0 saturated heterocycles. The Morgan fingerprint density at radius 3 is 2.69 bits per heavy atom. The molecule has 2 aromatic carbocycles. The van der Waals surface area contributed by atoms with Crippen LogP contribution in [-0.2, 0) is 13.2 Å². The average Bonchev–Trinajstić information content (AvgIpc) is 2.87. The van der Waals surface area contributed by atoms with E-state index in [4.69, 9.17) is 26.3 Å². The lowest BCUT2D eigenvalue weighted by atomic mass is 10.1. The van der Waals surface area contributed by atoms with Gasteiger partial charge < -0.3 is 9.47 Å². The van der Waals surface area contributed by atoms with Crippen LogP contribution in [0.4, 0.5) is 8.78 Å². The molecule has 2 aromatic heterocycles. The smallest absolute Gasteiger partial charge is 0.297 e. The van der Waals surface area contributed by atoms with Gasteiger partial charge in [-0.25, -0.2) is 18.9 Å². The fraction of sp³-hybridized carbons (Fsp3) is 0.125. The van der Waals surface area contributed by atoms with Crippen molar-refractivity contribution in [3.05, 3.63) is 97.3 Å². The van der Waals surface area contributed by atoms with Crippen LogP contribution < -0.4 is 20.6 Å². The second kappa shape index (κ2) is 10.4. The Morgan fingerprint density at radius 2 is 1.97 bits per heavy atom. The lowest BCUT2D eigenvalue weighted by molar-refractivity contribution is 0.415. The summed E-state index contributed by atoms with van der Waals surface area (Å²) < 4.78 is 39.3. The van der Waals surface area contributed by atoms with Crippen molar-refractivity contribution in [2.75, 3.05) is 7.11 Å². The molecule has 0 radical (unpaired) electrons. The maximum absolute atomic E-state index is 13.9. The number of nitriles is 1. The molecule has 0 spiro atoms. The van der Waals surface area contributed by atoms with Gasteiger partial charge >= 0.3 is 0 Å². The number of nitrogens with one attached hydrogen (secondary N) is 1. The third-order valence-electron chi connectivity index (χ3n) is 5.06. The number of aromatic amines is 1. The number of methoxy groups -OCH3 is 1. The number of hydrogen-bond donors (Lipinski definition) is 1. The van der Waals surface area contributed by atoms with E-state index in [0.29, 0.717) is 0 Å². The summed E-state index contributed by atoms with van der Waals surface area (Å²) >= 11 is 5.98. The van der Waals surface area contributed by atoms with Crippen molar-refractivity contribution in [2.24, 2.45) is 0 Å². The first kappa shape index (κ1) is 24.6. The maximum atomic E-state index is 13.9. The predicted molar refractivity (Wildman–Crippen MR) is 125 cm³/mol. The van der Waals surface area contributed by atoms with E-state index in [1.807, 2.05) is 6.07 Å². The Morgan fingerprint density at radius 1 is 1.17 bits per heavy atom. The van der Waals surface area contributed by atoms with Gasteiger partial charge in [-0.2, -0.15) is 10.4 Å². The summed E-state index contributed by atoms with van der Waals surface area (Å²) in [5.74, 6) is -0.664. The van der Waals surface area contributed by atoms with Crippen molar-refractivity contribution < 1.29 is 18.3 Å². The molecule has 2 heterocycles. The fourth-order valence-electron chi connectivity index (χ4n) is 3.41. The highest BCUT2D eigenvalue weighted by Gasteiger charge is 2.17. The number of halogens is 3. The standard InChI is InChI=1S/C24H16ClF2N5O4/c1-35-21-3-2-15(27)7-18(21)19-8-16(30-31-23(19)33)11-32-12-29-20(9-26)22(24(32)34)36-17-5-13(10-28)4-14(25)6-17/h2-8,12H,9,11H2,1H3,(H,31,33). The zero-order chi connectivity index (χ0) is 25.8. The van der Waals surface area contributed by atoms with E-state index in [0.717, 1.165) is 17.0 Å². The number of aromatic nitrogens is 4. The van der Waals surface area contributed by atoms with E-state index < -0.39 is 29.4 Å². The van der Waals surface area contributed by atoms with Crippen LogP contribution in [0.3, 0.4) is 0 Å². The first-order valence-electron chi connectivity index (χ1n) is 10.3. The van der Waals surface area contributed by atoms with Gasteiger partial charge in [0.2, 0.25) is 5.75 Å². The minimum absolute atomic E-state index is 0.0491. The van der Waals surface area contributed by atoms with E-state index in [1.54, 1.807) is 0 Å². The summed E-state index contributed by atoms with van der Waals surface area (Å²) in [6, 6.07) is 11.1. The molecule has 0 aliphatic carbocycles. The molecule has 0 aliphatic rings. The van der Waals surface area contributed by atoms with E-state index in [9.17, 15) is 18.4 Å². The summed E-state index contributed by atoms with van der Waals surface area (Å²) in [5.41, 5.74) is -0.937. The highest BCUT2D eigenvalue weighted by Crippen LogP contribution is 2.29. The predicted octanol–water partition coefficient (Wildman–Crippen LogP) is 3.98. The number of ether oxygens (including phenoxy) is 2. The first-order valence-corrected chi connectivity index (χ1v) is 10.7. The quantitative estimate of drug-likeness (QED) is 0.398. The number of nitrogens with zero attached hydrogens (tertiary/aromatic N) is 4. The highest BCUT2D eigenvalue weighted by molar-refractivity contribution is 6.30. The highest BCUT2D eigenvalue weighted by atomic mass is 35.5. The van der Waals surface area contributed by atoms with Crippen LogP contribution in [0.15, 0.2) is 58.4 Å². The zero-order valence-corrected chi connectivity index (χ0v) is 19.3. The van der Waals surface area contributed by atoms with Crippen molar-refractivity contribution in [3.8, 4) is 34.4 Å². The van der Waals surface area contributed by atoms with E-state index in [-0.39, 0.29) is 51.1 Å². The average molecular weight is 512 g/mol. The molecule has 0 atom stereocenters. The molecule has 0 fully saturated rings. The van der Waals surface area contributed by atoms with Crippen LogP contribution in [0.2, 0.25) is 5.02 Å². The molecule has 0 saturated carbocycles.